The molecular formula is C20H11O11S2-. The Hall–Kier alpha value is -3.78. The Balaban J connectivity index is 2.40. The lowest BCUT2D eigenvalue weighted by atomic mass is 9.91. The molecule has 0 fully saturated rings. The third-order valence-electron chi connectivity index (χ3n) is 4.84. The zero-order valence-electron chi connectivity index (χ0n) is 16.0. The van der Waals surface area contributed by atoms with Crippen LogP contribution in [0.4, 0.5) is 0 Å². The van der Waals surface area contributed by atoms with Gasteiger partial charge in [0.15, 0.2) is 16.2 Å². The van der Waals surface area contributed by atoms with E-state index in [0.717, 1.165) is 24.3 Å². The number of carbonyl (C=O) groups is 1. The Morgan fingerprint density at radius 3 is 2.09 bits per heavy atom. The minimum absolute atomic E-state index is 0.0457. The number of carboxylic acids is 1. The Kier molecular flexibility index (Phi) is 5.01. The van der Waals surface area contributed by atoms with Crippen LogP contribution in [0.25, 0.3) is 33.4 Å². The van der Waals surface area contributed by atoms with Crippen LogP contribution in [-0.2, 0) is 20.2 Å². The van der Waals surface area contributed by atoms with Gasteiger partial charge in [-0.05, 0) is 23.8 Å². The number of benzene rings is 3. The number of aromatic carboxylic acids is 1. The summed E-state index contributed by atoms with van der Waals surface area (Å²) in [5, 5.41) is 21.7. The Morgan fingerprint density at radius 2 is 1.48 bits per heavy atom. The van der Waals surface area contributed by atoms with Crippen molar-refractivity contribution in [3.05, 3.63) is 64.3 Å². The van der Waals surface area contributed by atoms with Crippen molar-refractivity contribution in [2.75, 3.05) is 0 Å². The average molecular weight is 491 g/mol. The van der Waals surface area contributed by atoms with Crippen LogP contribution >= 0.6 is 0 Å². The summed E-state index contributed by atoms with van der Waals surface area (Å²) in [4.78, 5) is 21.6. The van der Waals surface area contributed by atoms with E-state index in [9.17, 15) is 45.7 Å². The lowest BCUT2D eigenvalue weighted by molar-refractivity contribution is -0.272. The van der Waals surface area contributed by atoms with Crippen molar-refractivity contribution in [2.24, 2.45) is 0 Å². The number of hydrogen-bond acceptors (Lipinski definition) is 8. The summed E-state index contributed by atoms with van der Waals surface area (Å²) in [6.07, 6.45) is 0. The van der Waals surface area contributed by atoms with Crippen LogP contribution in [0, 0.1) is 0 Å². The van der Waals surface area contributed by atoms with Gasteiger partial charge in [0.1, 0.15) is 4.90 Å². The average Bonchev–Trinajstić information content (AvgIpc) is 2.69. The molecule has 2 aromatic carbocycles. The molecule has 4 rings (SSSR count). The minimum atomic E-state index is -5.23. The standard InChI is InChI=1S/C20H12O11S2/c21-13-7-5-11-15(9-3-1-2-4-10(9)20(23)24)12-6-8-14(22)19(33(28,29)30)17(12)31-16(11)18(13)32(25,26)27/h1-8,21H,(H,23,24)(H,25,26,27)(H,28,29,30)/p-1. The molecule has 0 aromatic heterocycles. The highest BCUT2D eigenvalue weighted by molar-refractivity contribution is 7.86. The Labute approximate surface area is 185 Å². The first-order valence-corrected chi connectivity index (χ1v) is 11.7. The molecule has 11 nitrogen and oxygen atoms in total. The fourth-order valence-corrected chi connectivity index (χ4v) is 5.02. The lowest BCUT2D eigenvalue weighted by Crippen LogP contribution is -2.16. The second kappa shape index (κ2) is 7.38. The Morgan fingerprint density at radius 1 is 0.848 bits per heavy atom. The van der Waals surface area contributed by atoms with Crippen LogP contribution in [0.1, 0.15) is 10.4 Å². The topological polar surface area (TPSA) is 199 Å². The second-order valence-electron chi connectivity index (χ2n) is 6.82. The van der Waals surface area contributed by atoms with Crippen molar-refractivity contribution >= 4 is 37.2 Å². The molecule has 0 bridgehead atoms. The highest BCUT2D eigenvalue weighted by Crippen LogP contribution is 2.45. The van der Waals surface area contributed by atoms with Crippen molar-refractivity contribution in [3.63, 3.8) is 0 Å². The number of carboxylic acid groups (broad SMARTS) is 1. The van der Waals surface area contributed by atoms with Gasteiger partial charge in [-0.1, -0.05) is 36.1 Å². The number of fused-ring (bicyclic) bond motifs is 2. The normalized spacial score (nSPS) is 12.3. The molecule has 0 saturated heterocycles. The summed E-state index contributed by atoms with van der Waals surface area (Å²) in [5.41, 5.74) is -2.66. The van der Waals surface area contributed by atoms with Gasteiger partial charge in [-0.25, -0.2) is 4.79 Å². The summed E-state index contributed by atoms with van der Waals surface area (Å²) in [5.74, 6) is -3.43. The second-order valence-corrected chi connectivity index (χ2v) is 9.53. The van der Waals surface area contributed by atoms with E-state index in [1.54, 1.807) is 0 Å². The largest absolute Gasteiger partial charge is 0.871 e. The van der Waals surface area contributed by atoms with Gasteiger partial charge < -0.3 is 14.6 Å². The maximum absolute atomic E-state index is 12.3. The number of rotatable bonds is 4. The summed E-state index contributed by atoms with van der Waals surface area (Å²) >= 11 is 0. The monoisotopic (exact) mass is 491 g/mol. The van der Waals surface area contributed by atoms with Crippen LogP contribution in [0.15, 0.2) is 67.5 Å². The van der Waals surface area contributed by atoms with Crippen LogP contribution < -0.4 is 10.5 Å². The van der Waals surface area contributed by atoms with Gasteiger partial charge in [-0.15, -0.1) is 0 Å². The van der Waals surface area contributed by atoms with Gasteiger partial charge in [-0.3, -0.25) is 13.9 Å². The predicted molar refractivity (Wildman–Crippen MR) is 111 cm³/mol. The van der Waals surface area contributed by atoms with E-state index in [1.165, 1.54) is 24.3 Å². The molecule has 33 heavy (non-hydrogen) atoms. The molecule has 1 heterocycles. The fourth-order valence-electron chi connectivity index (χ4n) is 3.60. The van der Waals surface area contributed by atoms with Crippen LogP contribution in [0.5, 0.6) is 5.75 Å². The first kappa shape index (κ1) is 22.4. The third-order valence-corrected chi connectivity index (χ3v) is 6.64. The smallest absolute Gasteiger partial charge is 0.336 e. The van der Waals surface area contributed by atoms with E-state index in [4.69, 9.17) is 4.42 Å². The van der Waals surface area contributed by atoms with Crippen molar-refractivity contribution in [3.8, 4) is 28.2 Å². The molecular weight excluding hydrogens is 480 g/mol. The van der Waals surface area contributed by atoms with Gasteiger partial charge in [0.2, 0.25) is 5.43 Å². The van der Waals surface area contributed by atoms with Gasteiger partial charge in [0, 0.05) is 16.5 Å². The van der Waals surface area contributed by atoms with Crippen molar-refractivity contribution in [1.82, 2.24) is 0 Å². The van der Waals surface area contributed by atoms with E-state index in [1.807, 2.05) is 0 Å². The van der Waals surface area contributed by atoms with E-state index in [-0.39, 0.29) is 27.6 Å². The number of hydrogen-bond donors (Lipinski definition) is 3. The third kappa shape index (κ3) is 3.62. The van der Waals surface area contributed by atoms with Crippen molar-refractivity contribution in [2.45, 2.75) is 9.79 Å². The zero-order valence-corrected chi connectivity index (χ0v) is 17.7. The highest BCUT2D eigenvalue weighted by atomic mass is 32.2. The molecule has 0 amide bonds. The molecule has 13 heteroatoms. The van der Waals surface area contributed by atoms with Crippen LogP contribution in [0.2, 0.25) is 0 Å². The molecule has 3 N–H and O–H groups in total. The first-order valence-electron chi connectivity index (χ1n) is 8.83. The van der Waals surface area contributed by atoms with Crippen molar-refractivity contribution < 1.29 is 45.4 Å². The quantitative estimate of drug-likeness (QED) is 0.278. The van der Waals surface area contributed by atoms with Crippen LogP contribution in [-0.4, -0.2) is 37.0 Å². The summed E-state index contributed by atoms with van der Waals surface area (Å²) < 4.78 is 72.4. The van der Waals surface area contributed by atoms with Gasteiger partial charge in [0.25, 0.3) is 10.1 Å². The lowest BCUT2D eigenvalue weighted by Gasteiger charge is -2.21. The van der Waals surface area contributed by atoms with E-state index in [2.05, 4.69) is 0 Å². The summed E-state index contributed by atoms with van der Waals surface area (Å²) in [6.45, 7) is 0. The Bertz CT molecular complexity index is 1720. The van der Waals surface area contributed by atoms with Gasteiger partial charge in [0.05, 0.1) is 5.56 Å². The predicted octanol–water partition coefficient (Wildman–Crippen LogP) is 1.83. The van der Waals surface area contributed by atoms with E-state index in [0.29, 0.717) is 0 Å². The molecule has 0 radical (unpaired) electrons. The first-order chi connectivity index (χ1) is 15.3. The van der Waals surface area contributed by atoms with Crippen LogP contribution in [0.3, 0.4) is 0 Å². The molecule has 170 valence electrons. The zero-order chi connectivity index (χ0) is 24.3. The van der Waals surface area contributed by atoms with E-state index < -0.39 is 58.5 Å². The highest BCUT2D eigenvalue weighted by Gasteiger charge is 2.31. The van der Waals surface area contributed by atoms with Gasteiger partial charge in [-0.2, -0.15) is 16.8 Å². The maximum Gasteiger partial charge on any atom is 0.336 e. The molecule has 1 aliphatic carbocycles. The molecule has 1 aliphatic heterocycles. The minimum Gasteiger partial charge on any atom is -0.871 e. The SMILES string of the molecule is O=C(O)c1ccccc1-c1c2ccc(=O)c(S(=O)(=O)O)c-2oc2c(S(=O)(=O)O)c([O-])ccc12. The van der Waals surface area contributed by atoms with E-state index >= 15 is 0 Å². The molecule has 0 atom stereocenters. The van der Waals surface area contributed by atoms with Gasteiger partial charge >= 0.3 is 16.1 Å². The molecule has 2 aromatic rings. The molecule has 2 aliphatic rings. The molecule has 0 saturated carbocycles. The fraction of sp³-hybridized carbons (Fsp3) is 0. The molecule has 0 unspecified atom stereocenters. The van der Waals surface area contributed by atoms with Crippen molar-refractivity contribution in [1.29, 1.82) is 0 Å². The summed E-state index contributed by atoms with van der Waals surface area (Å²) in [6, 6.07) is 9.19. The maximum atomic E-state index is 12.3. The summed E-state index contributed by atoms with van der Waals surface area (Å²) in [7, 11) is -10.5. The molecule has 0 spiro atoms.